The lowest BCUT2D eigenvalue weighted by Gasteiger charge is -2.25. The Morgan fingerprint density at radius 1 is 1.28 bits per heavy atom. The zero-order valence-corrected chi connectivity index (χ0v) is 14.9. The fourth-order valence-corrected chi connectivity index (χ4v) is 3.27. The molecule has 130 valence electrons. The second kappa shape index (κ2) is 7.49. The average Bonchev–Trinajstić information content (AvgIpc) is 3.10. The summed E-state index contributed by atoms with van der Waals surface area (Å²) in [5, 5.41) is 17.8. The van der Waals surface area contributed by atoms with Crippen molar-refractivity contribution in [2.75, 3.05) is 32.6 Å². The molecule has 1 fully saturated rings. The number of rotatable bonds is 5. The highest BCUT2D eigenvalue weighted by atomic mass is 16.5. The zero-order valence-electron chi connectivity index (χ0n) is 14.9. The van der Waals surface area contributed by atoms with Crippen molar-refractivity contribution < 1.29 is 4.74 Å². The second-order valence-corrected chi connectivity index (χ2v) is 6.48. The molecule has 6 nitrogen and oxygen atoms in total. The molecular formula is C19H23N5O. The van der Waals surface area contributed by atoms with Gasteiger partial charge in [0.1, 0.15) is 5.75 Å². The van der Waals surface area contributed by atoms with Crippen LogP contribution in [0.25, 0.3) is 0 Å². The number of hydrogen-bond donors (Lipinski definition) is 0. The Bertz CT molecular complexity index is 766. The highest BCUT2D eigenvalue weighted by molar-refractivity contribution is 5.42. The van der Waals surface area contributed by atoms with E-state index in [2.05, 4.69) is 27.2 Å². The highest BCUT2D eigenvalue weighted by Gasteiger charge is 2.28. The van der Waals surface area contributed by atoms with Gasteiger partial charge >= 0.3 is 0 Å². The third kappa shape index (κ3) is 3.72. The van der Waals surface area contributed by atoms with Crippen LogP contribution in [0.3, 0.4) is 0 Å². The molecular weight excluding hydrogens is 314 g/mol. The van der Waals surface area contributed by atoms with E-state index in [0.29, 0.717) is 5.56 Å². The van der Waals surface area contributed by atoms with E-state index in [4.69, 9.17) is 10.00 Å². The summed E-state index contributed by atoms with van der Waals surface area (Å²) in [6.45, 7) is 1.79. The summed E-state index contributed by atoms with van der Waals surface area (Å²) < 4.78 is 5.47. The monoisotopic (exact) mass is 337 g/mol. The number of likely N-dealkylation sites (tertiary alicyclic amines) is 1. The molecule has 2 heterocycles. The summed E-state index contributed by atoms with van der Waals surface area (Å²) in [6, 6.07) is 12.1. The van der Waals surface area contributed by atoms with Gasteiger partial charge in [0.05, 0.1) is 30.5 Å². The standard InChI is InChI=1S/C19H23N5O/c1-23(2)19-9-8-16(21-22-19)17-5-4-10-24(17)13-15-7-6-14(12-20)11-18(15)25-3/h6-9,11,17H,4-5,10,13H2,1-3H3. The van der Waals surface area contributed by atoms with Gasteiger partial charge in [-0.1, -0.05) is 6.07 Å². The van der Waals surface area contributed by atoms with Gasteiger partial charge < -0.3 is 9.64 Å². The molecule has 1 aromatic heterocycles. The summed E-state index contributed by atoms with van der Waals surface area (Å²) in [5.41, 5.74) is 2.71. The first kappa shape index (κ1) is 17.2. The van der Waals surface area contributed by atoms with Crippen LogP contribution in [0.5, 0.6) is 5.75 Å². The lowest BCUT2D eigenvalue weighted by Crippen LogP contribution is -2.24. The first-order chi connectivity index (χ1) is 12.1. The van der Waals surface area contributed by atoms with Gasteiger partial charge in [0.2, 0.25) is 0 Å². The van der Waals surface area contributed by atoms with Crippen molar-refractivity contribution in [2.24, 2.45) is 0 Å². The van der Waals surface area contributed by atoms with Crippen molar-refractivity contribution in [3.05, 3.63) is 47.2 Å². The predicted molar refractivity (Wildman–Crippen MR) is 96.5 cm³/mol. The van der Waals surface area contributed by atoms with Crippen molar-refractivity contribution >= 4 is 5.82 Å². The Kier molecular flexibility index (Phi) is 5.15. The Hall–Kier alpha value is -2.65. The van der Waals surface area contributed by atoms with Gasteiger partial charge in [0.25, 0.3) is 0 Å². The molecule has 0 spiro atoms. The quantitative estimate of drug-likeness (QED) is 0.836. The average molecular weight is 337 g/mol. The Balaban J connectivity index is 1.79. The lowest BCUT2D eigenvalue weighted by molar-refractivity contribution is 0.239. The van der Waals surface area contributed by atoms with Crippen LogP contribution in [-0.4, -0.2) is 42.8 Å². The molecule has 0 radical (unpaired) electrons. The predicted octanol–water partition coefficient (Wildman–Crippen LogP) is 2.76. The Labute approximate surface area is 148 Å². The van der Waals surface area contributed by atoms with Gasteiger partial charge in [0.15, 0.2) is 5.82 Å². The maximum Gasteiger partial charge on any atom is 0.150 e. The first-order valence-electron chi connectivity index (χ1n) is 8.44. The molecule has 6 heteroatoms. The van der Waals surface area contributed by atoms with Gasteiger partial charge in [-0.3, -0.25) is 4.90 Å². The molecule has 1 aliphatic rings. The van der Waals surface area contributed by atoms with Crippen molar-refractivity contribution in [1.29, 1.82) is 5.26 Å². The third-order valence-corrected chi connectivity index (χ3v) is 4.62. The molecule has 25 heavy (non-hydrogen) atoms. The van der Waals surface area contributed by atoms with Crippen molar-refractivity contribution in [3.8, 4) is 11.8 Å². The molecule has 2 aromatic rings. The molecule has 0 bridgehead atoms. The minimum atomic E-state index is 0.268. The van der Waals surface area contributed by atoms with Crippen LogP contribution >= 0.6 is 0 Å². The molecule has 3 rings (SSSR count). The van der Waals surface area contributed by atoms with E-state index in [1.807, 2.05) is 37.2 Å². The number of benzene rings is 1. The number of aromatic nitrogens is 2. The van der Waals surface area contributed by atoms with E-state index >= 15 is 0 Å². The molecule has 1 atom stereocenters. The third-order valence-electron chi connectivity index (χ3n) is 4.62. The molecule has 0 N–H and O–H groups in total. The van der Waals surface area contributed by atoms with E-state index in [1.165, 1.54) is 0 Å². The minimum absolute atomic E-state index is 0.268. The molecule has 1 saturated heterocycles. The minimum Gasteiger partial charge on any atom is -0.496 e. The summed E-state index contributed by atoms with van der Waals surface area (Å²) >= 11 is 0. The van der Waals surface area contributed by atoms with Crippen LogP contribution in [0.15, 0.2) is 30.3 Å². The Morgan fingerprint density at radius 2 is 2.12 bits per heavy atom. The topological polar surface area (TPSA) is 65.3 Å². The fourth-order valence-electron chi connectivity index (χ4n) is 3.27. The number of nitriles is 1. The van der Waals surface area contributed by atoms with Crippen molar-refractivity contribution in [1.82, 2.24) is 15.1 Å². The fraction of sp³-hybridized carbons (Fsp3) is 0.421. The summed E-state index contributed by atoms with van der Waals surface area (Å²) in [7, 11) is 5.57. The molecule has 0 saturated carbocycles. The first-order valence-corrected chi connectivity index (χ1v) is 8.44. The van der Waals surface area contributed by atoms with E-state index in [-0.39, 0.29) is 6.04 Å². The summed E-state index contributed by atoms with van der Waals surface area (Å²) in [6.07, 6.45) is 2.22. The lowest BCUT2D eigenvalue weighted by atomic mass is 10.1. The summed E-state index contributed by atoms with van der Waals surface area (Å²) in [5.74, 6) is 1.63. The maximum absolute atomic E-state index is 9.05. The highest BCUT2D eigenvalue weighted by Crippen LogP contribution is 2.34. The SMILES string of the molecule is COc1cc(C#N)ccc1CN1CCCC1c1ccc(N(C)C)nn1. The van der Waals surface area contributed by atoms with Gasteiger partial charge in [0, 0.05) is 26.2 Å². The molecule has 1 aromatic carbocycles. The number of hydrogen-bond acceptors (Lipinski definition) is 6. The maximum atomic E-state index is 9.05. The molecule has 0 aliphatic carbocycles. The van der Waals surface area contributed by atoms with Crippen LogP contribution in [-0.2, 0) is 6.54 Å². The van der Waals surface area contributed by atoms with Gasteiger partial charge in [-0.05, 0) is 43.7 Å². The smallest absolute Gasteiger partial charge is 0.150 e. The van der Waals surface area contributed by atoms with Crippen LogP contribution in [0.1, 0.15) is 35.7 Å². The van der Waals surface area contributed by atoms with Crippen LogP contribution in [0.2, 0.25) is 0 Å². The normalized spacial score (nSPS) is 17.3. The van der Waals surface area contributed by atoms with E-state index in [1.54, 1.807) is 13.2 Å². The van der Waals surface area contributed by atoms with Crippen LogP contribution in [0, 0.1) is 11.3 Å². The van der Waals surface area contributed by atoms with Gasteiger partial charge in [-0.15, -0.1) is 5.10 Å². The number of methoxy groups -OCH3 is 1. The van der Waals surface area contributed by atoms with Gasteiger partial charge in [-0.25, -0.2) is 0 Å². The number of ether oxygens (including phenoxy) is 1. The van der Waals surface area contributed by atoms with Crippen molar-refractivity contribution in [2.45, 2.75) is 25.4 Å². The second-order valence-electron chi connectivity index (χ2n) is 6.48. The van der Waals surface area contributed by atoms with E-state index in [0.717, 1.165) is 48.8 Å². The largest absolute Gasteiger partial charge is 0.496 e. The van der Waals surface area contributed by atoms with E-state index < -0.39 is 0 Å². The zero-order chi connectivity index (χ0) is 17.8. The van der Waals surface area contributed by atoms with Gasteiger partial charge in [-0.2, -0.15) is 10.4 Å². The van der Waals surface area contributed by atoms with Crippen molar-refractivity contribution in [3.63, 3.8) is 0 Å². The van der Waals surface area contributed by atoms with E-state index in [9.17, 15) is 0 Å². The molecule has 1 unspecified atom stereocenters. The van der Waals surface area contributed by atoms with Crippen LogP contribution < -0.4 is 9.64 Å². The molecule has 1 aliphatic heterocycles. The summed E-state index contributed by atoms with van der Waals surface area (Å²) in [4.78, 5) is 4.36. The number of anilines is 1. The molecule has 0 amide bonds. The number of nitrogens with zero attached hydrogens (tertiary/aromatic N) is 5. The Morgan fingerprint density at radius 3 is 2.76 bits per heavy atom. The van der Waals surface area contributed by atoms with Crippen LogP contribution in [0.4, 0.5) is 5.82 Å².